The van der Waals surface area contributed by atoms with Crippen LogP contribution in [0.25, 0.3) is 0 Å². The van der Waals surface area contributed by atoms with Crippen molar-refractivity contribution in [3.63, 3.8) is 0 Å². The van der Waals surface area contributed by atoms with Crippen molar-refractivity contribution in [2.45, 2.75) is 81.4 Å². The molecule has 0 aromatic rings. The molecule has 0 aliphatic carbocycles. The Hall–Kier alpha value is 0.0600. The summed E-state index contributed by atoms with van der Waals surface area (Å²) in [5.74, 6) is -6.39. The third-order valence-corrected chi connectivity index (χ3v) is 2.28. The summed E-state index contributed by atoms with van der Waals surface area (Å²) in [5, 5.41) is 50.9. The summed E-state index contributed by atoms with van der Waals surface area (Å²) >= 11 is 0. The fourth-order valence-corrected chi connectivity index (χ4v) is 1.22. The zero-order valence-corrected chi connectivity index (χ0v) is 21.9. The van der Waals surface area contributed by atoms with Crippen molar-refractivity contribution >= 4 is 36.4 Å². The van der Waals surface area contributed by atoms with E-state index < -0.39 is 60.8 Å². The van der Waals surface area contributed by atoms with Gasteiger partial charge in [-0.25, -0.2) is 11.1 Å². The molecule has 0 heterocycles. The Kier molecular flexibility index (Phi) is 98.4. The first-order valence-corrected chi connectivity index (χ1v) is 5.89. The maximum atomic E-state index is 10.3. The van der Waals surface area contributed by atoms with Gasteiger partial charge in [0.25, 0.3) is 0 Å². The summed E-state index contributed by atoms with van der Waals surface area (Å²) in [4.78, 5) is 60.1. The standard InChI is InChI=1S/C6H8O7.C6H6O5.6CH4.3Na.2H2O.H/c7-3(8)1-6(13,5(11)12)2-4(9)10;7-2-1-6(11,4-8)3-5(9)10;;;;;;;;;;;;/h13H,1-2H2,(H,7,8)(H,9,10)(H,11,12);11H,1,3H2,(H,9,10);6*1H4;;;;2*1H2;/q;-2;;;;;;;3*+1;;;-1/p-2. The van der Waals surface area contributed by atoms with Crippen LogP contribution in [-0.2, 0) is 28.8 Å². The fraction of sp³-hybridized carbons (Fsp3) is 0.667. The van der Waals surface area contributed by atoms with E-state index in [-0.39, 0.29) is 146 Å². The molecule has 0 saturated carbocycles. The Morgan fingerprint density at radius 1 is 0.629 bits per heavy atom. The fourth-order valence-electron chi connectivity index (χ4n) is 1.22. The van der Waals surface area contributed by atoms with Gasteiger partial charge in [0.05, 0.1) is 12.8 Å². The molecule has 0 saturated heterocycles. The molecule has 17 heteroatoms. The minimum absolute atomic E-state index is 0. The second kappa shape index (κ2) is 41.2. The van der Waals surface area contributed by atoms with Gasteiger partial charge < -0.3 is 52.6 Å². The van der Waals surface area contributed by atoms with Gasteiger partial charge in [-0.05, 0) is 5.60 Å². The van der Waals surface area contributed by atoms with Gasteiger partial charge in [0, 0.05) is 6.42 Å². The Labute approximate surface area is 275 Å². The first kappa shape index (κ1) is 83.6. The predicted molar refractivity (Wildman–Crippen MR) is 116 cm³/mol. The second-order valence-corrected chi connectivity index (χ2v) is 4.50. The molecule has 14 nitrogen and oxygen atoms in total. The summed E-state index contributed by atoms with van der Waals surface area (Å²) in [6.07, 6.45) is -1.47. The van der Waals surface area contributed by atoms with Crippen LogP contribution in [0.4, 0.5) is 0 Å². The first-order valence-electron chi connectivity index (χ1n) is 5.89. The van der Waals surface area contributed by atoms with E-state index in [0.717, 1.165) is 6.29 Å². The van der Waals surface area contributed by atoms with Crippen LogP contribution in [0, 0.1) is 0 Å². The quantitative estimate of drug-likeness (QED) is 0.109. The number of aliphatic carboxylic acids is 4. The Balaban J connectivity index is -0.0000000169. The van der Waals surface area contributed by atoms with Gasteiger partial charge in [-0.2, -0.15) is 0 Å². The third kappa shape index (κ3) is 44.5. The third-order valence-electron chi connectivity index (χ3n) is 2.28. The molecule has 0 aromatic heterocycles. The molecule has 0 rings (SSSR count). The summed E-state index contributed by atoms with van der Waals surface area (Å²) in [6, 6.07) is 0. The number of rotatable bonds is 10. The smallest absolute Gasteiger partial charge is 1.00 e. The normalized spacial score (nSPS) is 8.74. The molecule has 8 N–H and O–H groups in total. The van der Waals surface area contributed by atoms with Gasteiger partial charge in [-0.1, -0.05) is 44.6 Å². The first-order chi connectivity index (χ1) is 10.8. The number of carbonyl (C=O) groups excluding carboxylic acids is 2. The number of aliphatic hydroxyl groups is 2. The number of carboxylic acids is 4. The minimum atomic E-state index is -2.74. The van der Waals surface area contributed by atoms with E-state index in [2.05, 4.69) is 0 Å². The minimum Gasteiger partial charge on any atom is -1.00 e. The number of hydrogen-bond acceptors (Lipinski definition) is 10. The Bertz CT molecular complexity index is 523. The van der Waals surface area contributed by atoms with Gasteiger partial charge in [0.15, 0.2) is 5.60 Å². The SMILES string of the molecule is C.C.C.C.C.C.O=C(O)CC(O)(CC(=O)O)C(=O)O.O=[C-]CC(O)([C-]=O)CC(=O)O.[H-].[Na+].[Na+].[Na+].[OH-].[OH-]. The summed E-state index contributed by atoms with van der Waals surface area (Å²) < 4.78 is 0. The zero-order valence-electron chi connectivity index (χ0n) is 16.9. The molecule has 0 aliphatic heterocycles. The summed E-state index contributed by atoms with van der Waals surface area (Å²) in [6.45, 7) is 0. The van der Waals surface area contributed by atoms with E-state index in [1.807, 2.05) is 0 Å². The van der Waals surface area contributed by atoms with Gasteiger partial charge in [0.2, 0.25) is 0 Å². The van der Waals surface area contributed by atoms with Crippen molar-refractivity contribution < 1.29 is 160 Å². The molecule has 0 aliphatic rings. The van der Waals surface area contributed by atoms with Crippen LogP contribution >= 0.6 is 0 Å². The maximum absolute atomic E-state index is 10.3. The zero-order chi connectivity index (χ0) is 19.6. The van der Waals surface area contributed by atoms with Crippen LogP contribution in [0.3, 0.4) is 0 Å². The topological polar surface area (TPSA) is 284 Å². The van der Waals surface area contributed by atoms with Gasteiger partial charge in [0.1, 0.15) is 0 Å². The Morgan fingerprint density at radius 2 is 0.886 bits per heavy atom. The van der Waals surface area contributed by atoms with Crippen LogP contribution in [-0.4, -0.2) is 89.2 Å². The monoisotopic (exact) mass is 550 g/mol. The van der Waals surface area contributed by atoms with Gasteiger partial charge in [-0.3, -0.25) is 20.7 Å². The van der Waals surface area contributed by atoms with E-state index in [4.69, 9.17) is 30.6 Å². The van der Waals surface area contributed by atoms with Crippen LogP contribution in [0.1, 0.15) is 71.7 Å². The van der Waals surface area contributed by atoms with Crippen molar-refractivity contribution in [3.05, 3.63) is 0 Å². The van der Waals surface area contributed by atoms with Crippen molar-refractivity contribution in [1.29, 1.82) is 0 Å². The largest absolute Gasteiger partial charge is 1.00 e. The van der Waals surface area contributed by atoms with E-state index in [9.17, 15) is 28.8 Å². The summed E-state index contributed by atoms with van der Waals surface area (Å²) in [5.41, 5.74) is -4.95. The average Bonchev–Trinajstić information content (AvgIpc) is 2.36. The molecule has 0 bridgehead atoms. The van der Waals surface area contributed by atoms with Crippen molar-refractivity contribution in [2.75, 3.05) is 0 Å². The Morgan fingerprint density at radius 3 is 1.03 bits per heavy atom. The molecule has 35 heavy (non-hydrogen) atoms. The van der Waals surface area contributed by atoms with Crippen molar-refractivity contribution in [2.24, 2.45) is 0 Å². The van der Waals surface area contributed by atoms with Crippen molar-refractivity contribution in [1.82, 2.24) is 0 Å². The molecule has 0 radical (unpaired) electrons. The molecule has 202 valence electrons. The summed E-state index contributed by atoms with van der Waals surface area (Å²) in [7, 11) is 0. The molecule has 0 amide bonds. The predicted octanol–water partition coefficient (Wildman–Crippen LogP) is -7.86. The van der Waals surface area contributed by atoms with E-state index >= 15 is 0 Å². The van der Waals surface area contributed by atoms with Crippen LogP contribution in [0.2, 0.25) is 0 Å². The number of carboxylic acid groups (broad SMARTS) is 4. The maximum Gasteiger partial charge on any atom is 1.00 e. The molecule has 1 atom stereocenters. The van der Waals surface area contributed by atoms with Crippen molar-refractivity contribution in [3.8, 4) is 0 Å². The number of carbonyl (C=O) groups is 4. The van der Waals surface area contributed by atoms with Gasteiger partial charge in [-0.15, -0.1) is 6.42 Å². The van der Waals surface area contributed by atoms with E-state index in [1.54, 1.807) is 0 Å². The molecule has 0 fully saturated rings. The number of hydrogen-bond donors (Lipinski definition) is 6. The molecular weight excluding hydrogens is 509 g/mol. The van der Waals surface area contributed by atoms with E-state index in [1.165, 1.54) is 6.29 Å². The molecule has 0 spiro atoms. The second-order valence-electron chi connectivity index (χ2n) is 4.50. The van der Waals surface area contributed by atoms with Crippen LogP contribution in [0.5, 0.6) is 0 Å². The molecule has 1 unspecified atom stereocenters. The molecular formula is C18H41Na3O14-2. The van der Waals surface area contributed by atoms with Crippen LogP contribution < -0.4 is 88.7 Å². The molecule has 0 aromatic carbocycles. The average molecular weight is 550 g/mol. The van der Waals surface area contributed by atoms with Crippen LogP contribution in [0.15, 0.2) is 0 Å². The van der Waals surface area contributed by atoms with Gasteiger partial charge >= 0.3 is 113 Å². The van der Waals surface area contributed by atoms with E-state index in [0.29, 0.717) is 0 Å².